The summed E-state index contributed by atoms with van der Waals surface area (Å²) in [6.07, 6.45) is 1.44. The lowest BCUT2D eigenvalue weighted by Gasteiger charge is -2.20. The lowest BCUT2D eigenvalue weighted by atomic mass is 10.3. The zero-order valence-corrected chi connectivity index (χ0v) is 17.0. The highest BCUT2D eigenvalue weighted by Gasteiger charge is 2.26. The van der Waals surface area contributed by atoms with Gasteiger partial charge in [0.2, 0.25) is 11.7 Å². The number of halogens is 4. The first-order valence-corrected chi connectivity index (χ1v) is 8.13. The van der Waals surface area contributed by atoms with Crippen molar-refractivity contribution in [3.63, 3.8) is 0 Å². The smallest absolute Gasteiger partial charge is 0.226 e. The van der Waals surface area contributed by atoms with Crippen LogP contribution >= 0.6 is 48.0 Å². The fraction of sp³-hybridized carbons (Fsp3) is 0.250. The summed E-state index contributed by atoms with van der Waals surface area (Å²) >= 11 is 12.4. The fourth-order valence-electron chi connectivity index (χ4n) is 2.31. The van der Waals surface area contributed by atoms with Crippen molar-refractivity contribution in [1.82, 2.24) is 9.96 Å². The van der Waals surface area contributed by atoms with Gasteiger partial charge in [-0.1, -0.05) is 29.3 Å². The fourth-order valence-corrected chi connectivity index (χ4v) is 2.79. The van der Waals surface area contributed by atoms with Crippen molar-refractivity contribution in [3.05, 3.63) is 63.5 Å². The number of rotatable bonds is 4. The van der Waals surface area contributed by atoms with Crippen molar-refractivity contribution in [2.24, 2.45) is 4.99 Å². The molecule has 10 heteroatoms. The number of hydrogen-bond donors (Lipinski definition) is 0. The first-order valence-electron chi connectivity index (χ1n) is 7.37. The van der Waals surface area contributed by atoms with Gasteiger partial charge in [-0.25, -0.2) is 10.1 Å². The number of guanidine groups is 1. The number of para-hydroxylation sites is 1. The maximum Gasteiger partial charge on any atom is 0.226 e. The van der Waals surface area contributed by atoms with Crippen LogP contribution in [0.15, 0.2) is 47.6 Å². The highest BCUT2D eigenvalue weighted by molar-refractivity contribution is 6.38. The summed E-state index contributed by atoms with van der Waals surface area (Å²) in [7, 11) is 1.91. The molecule has 0 spiro atoms. The molecule has 6 nitrogen and oxygen atoms in total. The zero-order valence-electron chi connectivity index (χ0n) is 13.8. The van der Waals surface area contributed by atoms with Crippen molar-refractivity contribution >= 4 is 59.7 Å². The van der Waals surface area contributed by atoms with Crippen molar-refractivity contribution in [1.29, 1.82) is 0 Å². The second-order valence-electron chi connectivity index (χ2n) is 5.30. The van der Waals surface area contributed by atoms with Crippen LogP contribution in [-0.4, -0.2) is 36.1 Å². The lowest BCUT2D eigenvalue weighted by molar-refractivity contribution is -0.617. The summed E-state index contributed by atoms with van der Waals surface area (Å²) in [6, 6.07) is 10.4. The average molecular weight is 440 g/mol. The van der Waals surface area contributed by atoms with E-state index in [-0.39, 0.29) is 31.4 Å². The Morgan fingerprint density at radius 1 is 1.12 bits per heavy atom. The van der Waals surface area contributed by atoms with Gasteiger partial charge in [0, 0.05) is 25.7 Å². The van der Waals surface area contributed by atoms with Crippen LogP contribution in [0.4, 0.5) is 5.69 Å². The van der Waals surface area contributed by atoms with Gasteiger partial charge in [0.15, 0.2) is 12.8 Å². The summed E-state index contributed by atoms with van der Waals surface area (Å²) in [4.78, 5) is 12.2. The molecular formula is C16H18Cl4N4O2. The van der Waals surface area contributed by atoms with Gasteiger partial charge in [0.25, 0.3) is 0 Å². The Morgan fingerprint density at radius 2 is 1.81 bits per heavy atom. The summed E-state index contributed by atoms with van der Waals surface area (Å²) < 4.78 is 0.779. The Balaban J connectivity index is 0.00000169. The summed E-state index contributed by atoms with van der Waals surface area (Å²) in [5, 5.41) is 14.3. The summed E-state index contributed by atoms with van der Waals surface area (Å²) in [5.74, 6) is 0.596. The molecule has 0 N–H and O–H groups in total. The van der Waals surface area contributed by atoms with Gasteiger partial charge in [-0.05, 0) is 18.2 Å². The Kier molecular flexibility index (Phi) is 8.73. The predicted molar refractivity (Wildman–Crippen MR) is 108 cm³/mol. The van der Waals surface area contributed by atoms with Crippen molar-refractivity contribution in [2.75, 3.05) is 20.1 Å². The monoisotopic (exact) mass is 438 g/mol. The van der Waals surface area contributed by atoms with Crippen LogP contribution in [0.3, 0.4) is 0 Å². The third-order valence-corrected chi connectivity index (χ3v) is 4.23. The maximum absolute atomic E-state index is 11.7. The highest BCUT2D eigenvalue weighted by Crippen LogP contribution is 2.33. The van der Waals surface area contributed by atoms with Crippen molar-refractivity contribution in [2.45, 2.75) is 6.61 Å². The number of hydroxylamine groups is 2. The number of nitrogens with zero attached hydrogens (tertiary/aromatic N) is 4. The molecule has 1 fully saturated rings. The Hall–Kier alpha value is -1.44. The SMILES string of the molecule is CN1CCN(OCc2cccc[n+]2[O-])C1=Nc1c(Cl)cccc1Cl.Cl.Cl. The number of aliphatic imine (C=N–C) groups is 1. The van der Waals surface area contributed by atoms with Crippen LogP contribution in [0.25, 0.3) is 0 Å². The largest absolute Gasteiger partial charge is 0.618 e. The molecule has 142 valence electrons. The van der Waals surface area contributed by atoms with Gasteiger partial charge in [-0.15, -0.1) is 24.8 Å². The normalized spacial score (nSPS) is 15.0. The van der Waals surface area contributed by atoms with E-state index in [1.165, 1.54) is 6.20 Å². The van der Waals surface area contributed by atoms with Gasteiger partial charge in [0.1, 0.15) is 5.69 Å². The van der Waals surface area contributed by atoms with Crippen molar-refractivity contribution < 1.29 is 9.57 Å². The number of pyridine rings is 1. The van der Waals surface area contributed by atoms with E-state index in [0.717, 1.165) is 11.3 Å². The lowest BCUT2D eigenvalue weighted by Crippen LogP contribution is -2.35. The maximum atomic E-state index is 11.7. The molecule has 0 radical (unpaired) electrons. The van der Waals surface area contributed by atoms with Crippen LogP contribution in [0.5, 0.6) is 0 Å². The molecule has 0 unspecified atom stereocenters. The molecule has 26 heavy (non-hydrogen) atoms. The topological polar surface area (TPSA) is 55.0 Å². The van der Waals surface area contributed by atoms with Gasteiger partial charge in [-0.3, -0.25) is 4.84 Å². The van der Waals surface area contributed by atoms with E-state index in [2.05, 4.69) is 4.99 Å². The molecule has 0 bridgehead atoms. The third-order valence-electron chi connectivity index (χ3n) is 3.62. The second-order valence-corrected chi connectivity index (χ2v) is 6.11. The van der Waals surface area contributed by atoms with E-state index in [4.69, 9.17) is 28.0 Å². The number of likely N-dealkylation sites (N-methyl/N-ethyl adjacent to an activating group) is 1. The summed E-state index contributed by atoms with van der Waals surface area (Å²) in [6.45, 7) is 1.52. The van der Waals surface area contributed by atoms with Crippen LogP contribution in [-0.2, 0) is 11.4 Å². The van der Waals surface area contributed by atoms with Crippen LogP contribution in [0.1, 0.15) is 5.69 Å². The average Bonchev–Trinajstić information content (AvgIpc) is 2.90. The van der Waals surface area contributed by atoms with E-state index in [1.807, 2.05) is 11.9 Å². The minimum absolute atomic E-state index is 0. The van der Waals surface area contributed by atoms with Gasteiger partial charge in [0.05, 0.1) is 16.6 Å². The van der Waals surface area contributed by atoms with E-state index < -0.39 is 0 Å². The molecule has 0 saturated carbocycles. The zero-order chi connectivity index (χ0) is 17.1. The van der Waals surface area contributed by atoms with Crippen molar-refractivity contribution in [3.8, 4) is 0 Å². The molecule has 2 heterocycles. The quantitative estimate of drug-likeness (QED) is 0.536. The van der Waals surface area contributed by atoms with Crippen LogP contribution in [0, 0.1) is 5.21 Å². The van der Waals surface area contributed by atoms with Gasteiger partial charge >= 0.3 is 0 Å². The Bertz CT molecular complexity index is 755. The number of hydrogen-bond acceptors (Lipinski definition) is 3. The first kappa shape index (κ1) is 22.6. The van der Waals surface area contributed by atoms with Crippen LogP contribution < -0.4 is 4.73 Å². The Morgan fingerprint density at radius 3 is 2.46 bits per heavy atom. The van der Waals surface area contributed by atoms with Gasteiger partial charge < -0.3 is 10.1 Å². The molecule has 1 aliphatic heterocycles. The minimum Gasteiger partial charge on any atom is -0.618 e. The van der Waals surface area contributed by atoms with E-state index >= 15 is 0 Å². The molecule has 1 saturated heterocycles. The number of aromatic nitrogens is 1. The van der Waals surface area contributed by atoms with E-state index in [1.54, 1.807) is 41.5 Å². The molecule has 1 aromatic carbocycles. The predicted octanol–water partition coefficient (Wildman–Crippen LogP) is 3.84. The summed E-state index contributed by atoms with van der Waals surface area (Å²) in [5.41, 5.74) is 1.01. The van der Waals surface area contributed by atoms with Gasteiger partial charge in [-0.2, -0.15) is 4.73 Å². The molecule has 0 amide bonds. The highest BCUT2D eigenvalue weighted by atomic mass is 35.5. The minimum atomic E-state index is 0. The molecule has 1 aromatic heterocycles. The molecule has 1 aliphatic rings. The first-order chi connectivity index (χ1) is 11.6. The Labute approximate surface area is 174 Å². The van der Waals surface area contributed by atoms with E-state index in [0.29, 0.717) is 33.9 Å². The third kappa shape index (κ3) is 5.05. The second kappa shape index (κ2) is 10.0. The molecule has 0 aliphatic carbocycles. The van der Waals surface area contributed by atoms with Crippen LogP contribution in [0.2, 0.25) is 10.0 Å². The molecule has 3 rings (SSSR count). The molecule has 2 aromatic rings. The molecule has 0 atom stereocenters. The number of benzene rings is 1. The molecular weight excluding hydrogens is 422 g/mol. The van der Waals surface area contributed by atoms with E-state index in [9.17, 15) is 5.21 Å². The standard InChI is InChI=1S/C16H16Cl2N4O2.2ClH/c1-20-9-10-22(24-11-12-5-2-3-8-21(12)23)16(20)19-15-13(17)6-4-7-14(15)18;;/h2-8H,9-11H2,1H3;2*1H.